The van der Waals surface area contributed by atoms with E-state index in [0.717, 1.165) is 31.2 Å². The van der Waals surface area contributed by atoms with Crippen molar-refractivity contribution in [3.63, 3.8) is 0 Å². The van der Waals surface area contributed by atoms with E-state index in [1.54, 1.807) is 0 Å². The second-order valence-corrected chi connectivity index (χ2v) is 5.04. The molecule has 1 aromatic rings. The smallest absolute Gasteiger partial charge is 0.0416 e. The first-order valence-electron chi connectivity index (χ1n) is 6.45. The number of rotatable bonds is 8. The highest BCUT2D eigenvalue weighted by molar-refractivity contribution is 7.80. The third-order valence-electron chi connectivity index (χ3n) is 3.00. The molecular formula is C14H24N2S. The largest absolute Gasteiger partial charge is 0.306 e. The van der Waals surface area contributed by atoms with Crippen LogP contribution in [0.3, 0.4) is 0 Å². The van der Waals surface area contributed by atoms with Gasteiger partial charge in [-0.1, -0.05) is 19.4 Å². The van der Waals surface area contributed by atoms with Crippen molar-refractivity contribution < 1.29 is 0 Å². The zero-order valence-electron chi connectivity index (χ0n) is 11.0. The minimum Gasteiger partial charge on any atom is -0.306 e. The highest BCUT2D eigenvalue weighted by atomic mass is 32.1. The predicted molar refractivity (Wildman–Crippen MR) is 77.7 cm³/mol. The highest BCUT2D eigenvalue weighted by Gasteiger charge is 2.09. The van der Waals surface area contributed by atoms with Crippen LogP contribution in [0, 0.1) is 5.92 Å². The summed E-state index contributed by atoms with van der Waals surface area (Å²) >= 11 is 4.42. The third-order valence-corrected chi connectivity index (χ3v) is 3.52. The standard InChI is InChI=1S/C14H24N2S/c1-3-6-13(12-17)11-16(2)10-8-14-7-4-5-9-15-14/h4-5,7,9,13,17H,3,6,8,10-12H2,1-2H3. The second kappa shape index (κ2) is 8.54. The van der Waals surface area contributed by atoms with Gasteiger partial charge in [0.25, 0.3) is 0 Å². The molecule has 1 heterocycles. The lowest BCUT2D eigenvalue weighted by molar-refractivity contribution is 0.282. The van der Waals surface area contributed by atoms with E-state index in [2.05, 4.69) is 48.6 Å². The molecule has 1 unspecified atom stereocenters. The summed E-state index contributed by atoms with van der Waals surface area (Å²) in [4.78, 5) is 6.74. The normalized spacial score (nSPS) is 12.9. The van der Waals surface area contributed by atoms with Crippen LogP contribution in [-0.2, 0) is 6.42 Å². The summed E-state index contributed by atoms with van der Waals surface area (Å²) in [5, 5.41) is 0. The fourth-order valence-electron chi connectivity index (χ4n) is 2.03. The number of thiol groups is 1. The fourth-order valence-corrected chi connectivity index (χ4v) is 2.33. The van der Waals surface area contributed by atoms with Crippen molar-refractivity contribution in [2.45, 2.75) is 26.2 Å². The molecule has 0 amide bonds. The molecule has 0 radical (unpaired) electrons. The van der Waals surface area contributed by atoms with E-state index in [-0.39, 0.29) is 0 Å². The van der Waals surface area contributed by atoms with Crippen molar-refractivity contribution in [2.75, 3.05) is 25.9 Å². The van der Waals surface area contributed by atoms with Gasteiger partial charge in [-0.05, 0) is 37.3 Å². The number of pyridine rings is 1. The summed E-state index contributed by atoms with van der Waals surface area (Å²) in [6, 6.07) is 6.11. The number of likely N-dealkylation sites (N-methyl/N-ethyl adjacent to an activating group) is 1. The van der Waals surface area contributed by atoms with Crippen molar-refractivity contribution in [3.05, 3.63) is 30.1 Å². The predicted octanol–water partition coefficient (Wildman–Crippen LogP) is 2.90. The van der Waals surface area contributed by atoms with Crippen molar-refractivity contribution in [1.82, 2.24) is 9.88 Å². The monoisotopic (exact) mass is 252 g/mol. The SMILES string of the molecule is CCCC(CS)CN(C)CCc1ccccn1. The van der Waals surface area contributed by atoms with Crippen LogP contribution in [0.25, 0.3) is 0 Å². The van der Waals surface area contributed by atoms with E-state index in [9.17, 15) is 0 Å². The Labute approximate surface area is 111 Å². The second-order valence-electron chi connectivity index (χ2n) is 4.67. The Morgan fingerprint density at radius 2 is 2.24 bits per heavy atom. The number of nitrogens with zero attached hydrogens (tertiary/aromatic N) is 2. The summed E-state index contributed by atoms with van der Waals surface area (Å²) in [5.41, 5.74) is 1.18. The van der Waals surface area contributed by atoms with Crippen molar-refractivity contribution in [2.24, 2.45) is 5.92 Å². The topological polar surface area (TPSA) is 16.1 Å². The van der Waals surface area contributed by atoms with Gasteiger partial charge in [-0.3, -0.25) is 4.98 Å². The first-order chi connectivity index (χ1) is 8.26. The molecule has 0 bridgehead atoms. The molecular weight excluding hydrogens is 228 g/mol. The molecule has 0 aliphatic rings. The van der Waals surface area contributed by atoms with Gasteiger partial charge in [-0.15, -0.1) is 0 Å². The van der Waals surface area contributed by atoms with Gasteiger partial charge in [-0.25, -0.2) is 0 Å². The zero-order chi connectivity index (χ0) is 12.5. The van der Waals surface area contributed by atoms with Gasteiger partial charge in [0.15, 0.2) is 0 Å². The maximum absolute atomic E-state index is 4.42. The molecule has 1 aromatic heterocycles. The number of hydrogen-bond acceptors (Lipinski definition) is 3. The van der Waals surface area contributed by atoms with E-state index in [0.29, 0.717) is 0 Å². The van der Waals surface area contributed by atoms with E-state index < -0.39 is 0 Å². The quantitative estimate of drug-likeness (QED) is 0.716. The molecule has 0 aliphatic heterocycles. The number of hydrogen-bond donors (Lipinski definition) is 1. The molecule has 0 aromatic carbocycles. The van der Waals surface area contributed by atoms with Crippen molar-refractivity contribution >= 4 is 12.6 Å². The average molecular weight is 252 g/mol. The van der Waals surface area contributed by atoms with Gasteiger partial charge in [0.2, 0.25) is 0 Å². The van der Waals surface area contributed by atoms with Gasteiger partial charge in [0, 0.05) is 31.4 Å². The Morgan fingerprint density at radius 3 is 2.82 bits per heavy atom. The number of aromatic nitrogens is 1. The van der Waals surface area contributed by atoms with Gasteiger partial charge in [-0.2, -0.15) is 12.6 Å². The lowest BCUT2D eigenvalue weighted by atomic mass is 10.1. The van der Waals surface area contributed by atoms with E-state index in [4.69, 9.17) is 0 Å². The maximum Gasteiger partial charge on any atom is 0.0416 e. The summed E-state index contributed by atoms with van der Waals surface area (Å²) in [6.07, 6.45) is 5.42. The molecule has 0 fully saturated rings. The van der Waals surface area contributed by atoms with Crippen LogP contribution in [0.1, 0.15) is 25.5 Å². The van der Waals surface area contributed by atoms with Crippen LogP contribution in [-0.4, -0.2) is 35.8 Å². The van der Waals surface area contributed by atoms with Crippen LogP contribution >= 0.6 is 12.6 Å². The zero-order valence-corrected chi connectivity index (χ0v) is 11.9. The van der Waals surface area contributed by atoms with Crippen LogP contribution in [0.4, 0.5) is 0 Å². The lowest BCUT2D eigenvalue weighted by Gasteiger charge is -2.22. The molecule has 0 N–H and O–H groups in total. The van der Waals surface area contributed by atoms with E-state index >= 15 is 0 Å². The summed E-state index contributed by atoms with van der Waals surface area (Å²) in [7, 11) is 2.19. The summed E-state index contributed by atoms with van der Waals surface area (Å²) < 4.78 is 0. The molecule has 0 saturated heterocycles. The Morgan fingerprint density at radius 1 is 1.41 bits per heavy atom. The van der Waals surface area contributed by atoms with Gasteiger partial charge in [0.1, 0.15) is 0 Å². The summed E-state index contributed by atoms with van der Waals surface area (Å²) in [6.45, 7) is 4.46. The molecule has 1 rings (SSSR count). The molecule has 2 nitrogen and oxygen atoms in total. The van der Waals surface area contributed by atoms with E-state index in [1.165, 1.54) is 18.5 Å². The molecule has 0 spiro atoms. The Hall–Kier alpha value is -0.540. The van der Waals surface area contributed by atoms with Gasteiger partial charge in [0.05, 0.1) is 0 Å². The molecule has 0 aliphatic carbocycles. The highest BCUT2D eigenvalue weighted by Crippen LogP contribution is 2.10. The van der Waals surface area contributed by atoms with Crippen molar-refractivity contribution in [1.29, 1.82) is 0 Å². The van der Waals surface area contributed by atoms with Gasteiger partial charge >= 0.3 is 0 Å². The molecule has 3 heteroatoms. The molecule has 1 atom stereocenters. The van der Waals surface area contributed by atoms with Crippen LogP contribution in [0.2, 0.25) is 0 Å². The van der Waals surface area contributed by atoms with Crippen LogP contribution in [0.5, 0.6) is 0 Å². The molecule has 17 heavy (non-hydrogen) atoms. The minimum atomic E-state index is 0.720. The van der Waals surface area contributed by atoms with Gasteiger partial charge < -0.3 is 4.90 Å². The summed E-state index contributed by atoms with van der Waals surface area (Å²) in [5.74, 6) is 1.71. The molecule has 0 saturated carbocycles. The minimum absolute atomic E-state index is 0.720. The van der Waals surface area contributed by atoms with Crippen LogP contribution < -0.4 is 0 Å². The Bertz CT molecular complexity index is 290. The Balaban J connectivity index is 2.27. The van der Waals surface area contributed by atoms with Crippen LogP contribution in [0.15, 0.2) is 24.4 Å². The first-order valence-corrected chi connectivity index (χ1v) is 7.08. The Kier molecular flexibility index (Phi) is 7.29. The lowest BCUT2D eigenvalue weighted by Crippen LogP contribution is -2.28. The van der Waals surface area contributed by atoms with Crippen molar-refractivity contribution in [3.8, 4) is 0 Å². The first kappa shape index (κ1) is 14.5. The maximum atomic E-state index is 4.42. The fraction of sp³-hybridized carbons (Fsp3) is 0.643. The molecule has 96 valence electrons. The third kappa shape index (κ3) is 6.08. The van der Waals surface area contributed by atoms with E-state index in [1.807, 2.05) is 12.3 Å². The average Bonchev–Trinajstić information content (AvgIpc) is 2.37.